The summed E-state index contributed by atoms with van der Waals surface area (Å²) in [6.07, 6.45) is -3.70. The van der Waals surface area contributed by atoms with E-state index in [1.807, 2.05) is 24.3 Å². The zero-order valence-corrected chi connectivity index (χ0v) is 18.1. The van der Waals surface area contributed by atoms with E-state index in [1.165, 1.54) is 6.07 Å². The predicted octanol–water partition coefficient (Wildman–Crippen LogP) is 4.94. The molecule has 2 heterocycles. The highest BCUT2D eigenvalue weighted by Gasteiger charge is 2.39. The first-order valence-electron chi connectivity index (χ1n) is 9.92. The van der Waals surface area contributed by atoms with Crippen LogP contribution in [0.15, 0.2) is 53.0 Å². The van der Waals surface area contributed by atoms with Gasteiger partial charge in [-0.3, -0.25) is 4.79 Å². The average Bonchev–Trinajstić information content (AvgIpc) is 2.76. The molecule has 2 aromatic carbocycles. The molecule has 0 radical (unpaired) electrons. The van der Waals surface area contributed by atoms with Gasteiger partial charge in [-0.25, -0.2) is 9.97 Å². The molecule has 0 unspecified atom stereocenters. The summed E-state index contributed by atoms with van der Waals surface area (Å²) < 4.78 is 41.8. The third-order valence-corrected chi connectivity index (χ3v) is 5.83. The van der Waals surface area contributed by atoms with Crippen molar-refractivity contribution in [2.75, 3.05) is 18.0 Å². The molecule has 0 spiro atoms. The van der Waals surface area contributed by atoms with E-state index in [2.05, 4.69) is 31.2 Å². The Morgan fingerprint density at radius 1 is 1.06 bits per heavy atom. The maximum atomic E-state index is 13.6. The Bertz CT molecular complexity index is 1100. The SMILES string of the molecule is O=C(NCc1cccc(Br)c1)C1CCN(c2nc3ccccc3nc2C(F)(F)F)CC1. The van der Waals surface area contributed by atoms with E-state index in [0.717, 1.165) is 10.0 Å². The van der Waals surface area contributed by atoms with E-state index in [1.54, 1.807) is 23.1 Å². The number of halogens is 4. The van der Waals surface area contributed by atoms with Gasteiger partial charge in [-0.05, 0) is 42.7 Å². The summed E-state index contributed by atoms with van der Waals surface area (Å²) in [6.45, 7) is 1.03. The molecule has 0 aliphatic carbocycles. The van der Waals surface area contributed by atoms with Crippen LogP contribution in [-0.4, -0.2) is 29.0 Å². The Labute approximate surface area is 185 Å². The van der Waals surface area contributed by atoms with E-state index in [4.69, 9.17) is 0 Å². The van der Waals surface area contributed by atoms with E-state index in [0.29, 0.717) is 38.0 Å². The second kappa shape index (κ2) is 8.82. The highest BCUT2D eigenvalue weighted by Crippen LogP contribution is 2.36. The second-order valence-electron chi connectivity index (χ2n) is 7.49. The Kier molecular flexibility index (Phi) is 6.13. The maximum absolute atomic E-state index is 13.6. The van der Waals surface area contributed by atoms with Gasteiger partial charge in [-0.15, -0.1) is 0 Å². The van der Waals surface area contributed by atoms with Gasteiger partial charge in [0.05, 0.1) is 11.0 Å². The van der Waals surface area contributed by atoms with E-state index < -0.39 is 11.9 Å². The van der Waals surface area contributed by atoms with Crippen molar-refractivity contribution < 1.29 is 18.0 Å². The summed E-state index contributed by atoms with van der Waals surface area (Å²) in [5.74, 6) is -0.495. The van der Waals surface area contributed by atoms with Gasteiger partial charge in [0.1, 0.15) is 0 Å². The van der Waals surface area contributed by atoms with Crippen molar-refractivity contribution in [3.63, 3.8) is 0 Å². The number of benzene rings is 2. The zero-order chi connectivity index (χ0) is 22.0. The third kappa shape index (κ3) is 4.98. The van der Waals surface area contributed by atoms with Gasteiger partial charge in [0.15, 0.2) is 11.5 Å². The summed E-state index contributed by atoms with van der Waals surface area (Å²) in [5, 5.41) is 2.92. The van der Waals surface area contributed by atoms with Crippen LogP contribution in [0.4, 0.5) is 19.0 Å². The molecule has 1 aromatic heterocycles. The molecule has 0 saturated carbocycles. The summed E-state index contributed by atoms with van der Waals surface area (Å²) in [6, 6.07) is 14.2. The summed E-state index contributed by atoms with van der Waals surface area (Å²) in [4.78, 5) is 22.2. The lowest BCUT2D eigenvalue weighted by atomic mass is 9.95. The number of nitrogens with one attached hydrogen (secondary N) is 1. The Morgan fingerprint density at radius 2 is 1.74 bits per heavy atom. The van der Waals surface area contributed by atoms with Crippen molar-refractivity contribution in [2.45, 2.75) is 25.6 Å². The van der Waals surface area contributed by atoms with Crippen LogP contribution in [0, 0.1) is 5.92 Å². The largest absolute Gasteiger partial charge is 0.437 e. The summed E-state index contributed by atoms with van der Waals surface area (Å²) in [7, 11) is 0. The van der Waals surface area contributed by atoms with Crippen LogP contribution in [0.5, 0.6) is 0 Å². The van der Waals surface area contributed by atoms with Gasteiger partial charge < -0.3 is 10.2 Å². The highest BCUT2D eigenvalue weighted by molar-refractivity contribution is 9.10. The lowest BCUT2D eigenvalue weighted by Gasteiger charge is -2.33. The fourth-order valence-corrected chi connectivity index (χ4v) is 4.18. The van der Waals surface area contributed by atoms with Crippen molar-refractivity contribution in [3.05, 3.63) is 64.3 Å². The molecular formula is C22H20BrF3N4O. The summed E-state index contributed by atoms with van der Waals surface area (Å²) >= 11 is 3.40. The number of piperidine rings is 1. The van der Waals surface area contributed by atoms with Crippen LogP contribution < -0.4 is 10.2 Å². The van der Waals surface area contributed by atoms with E-state index in [-0.39, 0.29) is 23.2 Å². The number of alkyl halides is 3. The first-order valence-corrected chi connectivity index (χ1v) is 10.7. The lowest BCUT2D eigenvalue weighted by molar-refractivity contribution is -0.140. The average molecular weight is 493 g/mol. The molecule has 1 amide bonds. The standard InChI is InChI=1S/C22H20BrF3N4O/c23-16-5-3-4-14(12-16)13-27-21(31)15-8-10-30(11-9-15)20-19(22(24,25)26)28-17-6-1-2-7-18(17)29-20/h1-7,12,15H,8-11,13H2,(H,27,31). The number of amides is 1. The molecular weight excluding hydrogens is 473 g/mol. The van der Waals surface area contributed by atoms with Gasteiger partial charge in [0.25, 0.3) is 0 Å². The van der Waals surface area contributed by atoms with Crippen molar-refractivity contribution in [3.8, 4) is 0 Å². The molecule has 1 aliphatic heterocycles. The van der Waals surface area contributed by atoms with E-state index >= 15 is 0 Å². The number of carbonyl (C=O) groups is 1. The van der Waals surface area contributed by atoms with Gasteiger partial charge >= 0.3 is 6.18 Å². The van der Waals surface area contributed by atoms with Crippen LogP contribution in [0.25, 0.3) is 11.0 Å². The highest BCUT2D eigenvalue weighted by atomic mass is 79.9. The fraction of sp³-hybridized carbons (Fsp3) is 0.318. The molecule has 162 valence electrons. The number of hydrogen-bond acceptors (Lipinski definition) is 4. The lowest BCUT2D eigenvalue weighted by Crippen LogP contribution is -2.41. The van der Waals surface area contributed by atoms with Crippen LogP contribution in [0.1, 0.15) is 24.1 Å². The monoisotopic (exact) mass is 492 g/mol. The second-order valence-corrected chi connectivity index (χ2v) is 8.41. The molecule has 31 heavy (non-hydrogen) atoms. The summed E-state index contributed by atoms with van der Waals surface area (Å²) in [5.41, 5.74) is 0.616. The number of nitrogens with zero attached hydrogens (tertiary/aromatic N) is 3. The molecule has 5 nitrogen and oxygen atoms in total. The van der Waals surface area contributed by atoms with E-state index in [9.17, 15) is 18.0 Å². The van der Waals surface area contributed by atoms with Crippen molar-refractivity contribution in [2.24, 2.45) is 5.92 Å². The number of carbonyl (C=O) groups excluding carboxylic acids is 1. The Hall–Kier alpha value is -2.68. The first-order chi connectivity index (χ1) is 14.8. The van der Waals surface area contributed by atoms with Gasteiger partial charge in [0, 0.05) is 30.0 Å². The molecule has 1 aliphatic rings. The number of rotatable bonds is 4. The fourth-order valence-electron chi connectivity index (χ4n) is 3.74. The molecule has 1 fully saturated rings. The molecule has 9 heteroatoms. The smallest absolute Gasteiger partial charge is 0.355 e. The Morgan fingerprint density at radius 3 is 2.39 bits per heavy atom. The number of hydrogen-bond donors (Lipinski definition) is 1. The topological polar surface area (TPSA) is 58.1 Å². The zero-order valence-electron chi connectivity index (χ0n) is 16.5. The van der Waals surface area contributed by atoms with Crippen LogP contribution >= 0.6 is 15.9 Å². The molecule has 4 rings (SSSR count). The molecule has 0 bridgehead atoms. The molecule has 1 saturated heterocycles. The minimum atomic E-state index is -4.61. The quantitative estimate of drug-likeness (QED) is 0.560. The minimum absolute atomic E-state index is 0.0831. The van der Waals surface area contributed by atoms with Crippen LogP contribution in [0.3, 0.4) is 0 Å². The van der Waals surface area contributed by atoms with Gasteiger partial charge in [-0.1, -0.05) is 40.2 Å². The van der Waals surface area contributed by atoms with Crippen LogP contribution in [-0.2, 0) is 17.5 Å². The van der Waals surface area contributed by atoms with Crippen molar-refractivity contribution in [1.29, 1.82) is 0 Å². The Balaban J connectivity index is 1.44. The molecule has 1 N–H and O–H groups in total. The molecule has 3 aromatic rings. The van der Waals surface area contributed by atoms with Crippen molar-refractivity contribution in [1.82, 2.24) is 15.3 Å². The minimum Gasteiger partial charge on any atom is -0.355 e. The number of anilines is 1. The van der Waals surface area contributed by atoms with Crippen molar-refractivity contribution >= 4 is 38.7 Å². The number of fused-ring (bicyclic) bond motifs is 1. The predicted molar refractivity (Wildman–Crippen MR) is 115 cm³/mol. The van der Waals surface area contributed by atoms with Gasteiger partial charge in [-0.2, -0.15) is 13.2 Å². The number of aromatic nitrogens is 2. The maximum Gasteiger partial charge on any atom is 0.437 e. The third-order valence-electron chi connectivity index (χ3n) is 5.34. The molecule has 0 atom stereocenters. The first kappa shape index (κ1) is 21.5. The normalized spacial score (nSPS) is 15.3. The van der Waals surface area contributed by atoms with Crippen LogP contribution in [0.2, 0.25) is 0 Å². The van der Waals surface area contributed by atoms with Gasteiger partial charge in [0.2, 0.25) is 5.91 Å². The number of para-hydroxylation sites is 2.